The summed E-state index contributed by atoms with van der Waals surface area (Å²) in [6, 6.07) is 26.0. The number of benzene rings is 6. The van der Waals surface area contributed by atoms with Crippen LogP contribution in [0.25, 0.3) is 12.2 Å². The fourth-order valence-corrected chi connectivity index (χ4v) is 8.78. The van der Waals surface area contributed by atoms with E-state index in [0.717, 1.165) is 24.3 Å². The van der Waals surface area contributed by atoms with Crippen LogP contribution in [-0.4, -0.2) is 61.9 Å². The molecule has 360 valence electrons. The molecule has 30 heteroatoms. The number of hydrazone groups is 2. The molecule has 0 radical (unpaired) electrons. The van der Waals surface area contributed by atoms with E-state index < -0.39 is 68.0 Å². The van der Waals surface area contributed by atoms with Gasteiger partial charge in [-0.1, -0.05) is 12.1 Å². The van der Waals surface area contributed by atoms with Crippen LogP contribution in [0.15, 0.2) is 161 Å². The molecule has 0 bridgehead atoms. The molecule has 0 unspecified atom stereocenters. The number of nitrogens with one attached hydrogen (secondary N) is 3. The first-order chi connectivity index (χ1) is 33.5. The van der Waals surface area contributed by atoms with Crippen LogP contribution in [0.2, 0.25) is 0 Å². The second-order valence-corrected chi connectivity index (χ2v) is 19.2. The molecule has 0 amide bonds. The Labute approximate surface area is 457 Å². The number of Topliss-reactive ketones (excluding diaryl/α,β-unsaturated/α-hetero) is 2. The molecule has 0 saturated carbocycles. The summed E-state index contributed by atoms with van der Waals surface area (Å²) in [6.07, 6.45) is 1.92. The molecular formula is C44H32Li3N13O11S3. The van der Waals surface area contributed by atoms with Gasteiger partial charge in [0, 0.05) is 28.2 Å². The maximum Gasteiger partial charge on any atom is 1.00 e. The van der Waals surface area contributed by atoms with Crippen LogP contribution in [0.4, 0.5) is 68.2 Å². The number of hydrogen-bond donors (Lipinski definition) is 7. The topological polar surface area (TPSA) is 420 Å². The first-order valence-electron chi connectivity index (χ1n) is 20.0. The van der Waals surface area contributed by atoms with Crippen molar-refractivity contribution in [2.75, 3.05) is 39.1 Å². The monoisotopic (exact) mass is 1040 g/mol. The van der Waals surface area contributed by atoms with Gasteiger partial charge >= 0.3 is 56.6 Å². The summed E-state index contributed by atoms with van der Waals surface area (Å²) < 4.78 is 111. The third-order valence-corrected chi connectivity index (χ3v) is 12.8. The Morgan fingerprint density at radius 1 is 0.446 bits per heavy atom. The Kier molecular flexibility index (Phi) is 17.9. The zero-order valence-corrected chi connectivity index (χ0v) is 41.3. The minimum absolute atomic E-state index is 0. The Bertz CT molecular complexity index is 3820. The second-order valence-electron chi connectivity index (χ2n) is 15.2. The maximum absolute atomic E-state index is 13.7. The number of azo groups is 2. The molecule has 0 aliphatic heterocycles. The molecular weight excluding hydrogens is 1000 g/mol. The second kappa shape index (κ2) is 22.9. The number of nitrogen functional groups attached to an aromatic ring is 4. The molecule has 74 heavy (non-hydrogen) atoms. The van der Waals surface area contributed by atoms with E-state index in [0.29, 0.717) is 17.1 Å². The first-order valence-corrected chi connectivity index (χ1v) is 24.3. The van der Waals surface area contributed by atoms with Crippen molar-refractivity contribution >= 4 is 134 Å². The SMILES string of the molecule is Nc1ccc(N=Nc2ccc3c(c2)C(=O)C(=NNc2ccc(Nc4ccc(NN=C5C(=O)c6cc(N=Nc7ccc(N)cc7N)ccc6C=C5S(=O)(=O)[O-])cc4S(=O)(=O)[O-])cc2)C(S(=O)(=O)[O-])=C3)c(N)c1.[Li+].[Li+].[Li+]. The molecule has 11 N–H and O–H groups in total. The van der Waals surface area contributed by atoms with E-state index in [1.165, 1.54) is 91.0 Å². The predicted molar refractivity (Wildman–Crippen MR) is 262 cm³/mol. The Balaban J connectivity index is 0.00000338. The third-order valence-electron chi connectivity index (χ3n) is 10.2. The van der Waals surface area contributed by atoms with Crippen LogP contribution in [0.1, 0.15) is 31.8 Å². The van der Waals surface area contributed by atoms with Crippen molar-refractivity contribution in [3.63, 3.8) is 0 Å². The smallest absolute Gasteiger partial charge is 0.744 e. The van der Waals surface area contributed by atoms with E-state index in [2.05, 4.69) is 46.8 Å². The molecule has 0 aromatic heterocycles. The van der Waals surface area contributed by atoms with Gasteiger partial charge in [-0.15, -0.1) is 10.2 Å². The van der Waals surface area contributed by atoms with E-state index in [1.54, 1.807) is 12.1 Å². The Morgan fingerprint density at radius 3 is 1.28 bits per heavy atom. The number of rotatable bonds is 13. The Hall–Kier alpha value is -7.20. The molecule has 6 aromatic carbocycles. The Morgan fingerprint density at radius 2 is 0.865 bits per heavy atom. The van der Waals surface area contributed by atoms with Crippen molar-refractivity contribution in [2.24, 2.45) is 30.7 Å². The van der Waals surface area contributed by atoms with Gasteiger partial charge in [0.2, 0.25) is 11.6 Å². The molecule has 8 rings (SSSR count). The molecule has 6 aromatic rings. The molecule has 0 atom stereocenters. The van der Waals surface area contributed by atoms with Crippen molar-refractivity contribution < 1.29 is 105 Å². The van der Waals surface area contributed by atoms with Crippen LogP contribution in [-0.2, 0) is 30.4 Å². The van der Waals surface area contributed by atoms with E-state index in [4.69, 9.17) is 22.9 Å². The van der Waals surface area contributed by atoms with Gasteiger partial charge < -0.3 is 41.9 Å². The minimum Gasteiger partial charge on any atom is -0.744 e. The molecule has 0 fully saturated rings. The van der Waals surface area contributed by atoms with E-state index >= 15 is 0 Å². The molecule has 2 aliphatic rings. The van der Waals surface area contributed by atoms with Gasteiger partial charge in [-0.3, -0.25) is 20.4 Å². The van der Waals surface area contributed by atoms with Crippen LogP contribution < -0.4 is 95.7 Å². The van der Waals surface area contributed by atoms with E-state index in [1.807, 2.05) is 0 Å². The van der Waals surface area contributed by atoms with E-state index in [9.17, 15) is 48.5 Å². The van der Waals surface area contributed by atoms with Crippen LogP contribution in [0, 0.1) is 0 Å². The summed E-state index contributed by atoms with van der Waals surface area (Å²) in [4.78, 5) is 24.6. The molecule has 2 aliphatic carbocycles. The number of carbonyl (C=O) groups is 2. The number of ketones is 2. The van der Waals surface area contributed by atoms with Crippen molar-refractivity contribution in [1.82, 2.24) is 0 Å². The van der Waals surface area contributed by atoms with Gasteiger partial charge in [0.1, 0.15) is 53.2 Å². The first kappa shape index (κ1) is 57.7. The minimum atomic E-state index is -5.32. The van der Waals surface area contributed by atoms with Crippen molar-refractivity contribution in [3.8, 4) is 0 Å². The number of anilines is 8. The summed E-state index contributed by atoms with van der Waals surface area (Å²) >= 11 is 0. The standard InChI is InChI=1S/C44H35N13O11S3.3Li/c45-24-3-12-35(33(47)17-24)54-51-28-5-1-22-15-39(70(63,64)65)41(43(58)31(22)19-28)56-50-27-9-7-26(8-10-27)49-37-14-11-30(21-38(37)69(60,61)62)53-57-42-40(71(66,67)68)16-23-2-6-29(20-32(23)44(42)59)52-55-36-13-4-25(46)18-34(36)48;;;/h1-21,49-50,53H,45-48H2,(H,60,61,62)(H,63,64,65)(H,66,67,68);;;/q;3*+1/p-3. The number of nitrogens with two attached hydrogens (primary N) is 4. The number of hydrogen-bond acceptors (Lipinski definition) is 24. The van der Waals surface area contributed by atoms with Gasteiger partial charge in [0.15, 0.2) is 0 Å². The summed E-state index contributed by atoms with van der Waals surface area (Å²) in [5.41, 5.74) is 28.6. The molecule has 0 saturated heterocycles. The summed E-state index contributed by atoms with van der Waals surface area (Å²) in [7, 11) is -15.8. The molecule has 0 heterocycles. The van der Waals surface area contributed by atoms with Gasteiger partial charge in [-0.25, -0.2) is 25.3 Å². The van der Waals surface area contributed by atoms with E-state index in [-0.39, 0.29) is 130 Å². The fraction of sp³-hybridized carbons (Fsp3) is 0. The largest absolute Gasteiger partial charge is 1.00 e. The summed E-state index contributed by atoms with van der Waals surface area (Å²) in [5.74, 6) is -1.95. The number of nitrogens with zero attached hydrogens (tertiary/aromatic N) is 6. The summed E-state index contributed by atoms with van der Waals surface area (Å²) in [6.45, 7) is 0. The van der Waals surface area contributed by atoms with Crippen LogP contribution in [0.5, 0.6) is 0 Å². The molecule has 0 spiro atoms. The zero-order chi connectivity index (χ0) is 51.0. The average molecular weight is 1040 g/mol. The number of fused-ring (bicyclic) bond motifs is 2. The van der Waals surface area contributed by atoms with Crippen molar-refractivity contribution in [1.29, 1.82) is 0 Å². The maximum atomic E-state index is 13.7. The quantitative estimate of drug-likeness (QED) is 0.0209. The predicted octanol–water partition coefficient (Wildman–Crippen LogP) is -2.39. The zero-order valence-electron chi connectivity index (χ0n) is 38.8. The summed E-state index contributed by atoms with van der Waals surface area (Å²) in [5, 5.41) is 26.9. The van der Waals surface area contributed by atoms with Gasteiger partial charge in [0.05, 0.1) is 54.5 Å². The third kappa shape index (κ3) is 13.1. The van der Waals surface area contributed by atoms with Crippen LogP contribution >= 0.6 is 0 Å². The van der Waals surface area contributed by atoms with Gasteiger partial charge in [0.25, 0.3) is 0 Å². The van der Waals surface area contributed by atoms with Gasteiger partial charge in [-0.2, -0.15) is 20.4 Å². The normalized spacial score (nSPS) is 14.5. The number of carbonyl (C=O) groups excluding carboxylic acids is 2. The fourth-order valence-electron chi connectivity index (χ4n) is 6.83. The van der Waals surface area contributed by atoms with Gasteiger partial charge in [-0.05, 0) is 126 Å². The molecule has 24 nitrogen and oxygen atoms in total. The number of allylic oxidation sites excluding steroid dienone is 2. The average Bonchev–Trinajstić information content (AvgIpc) is 3.30. The van der Waals surface area contributed by atoms with Crippen LogP contribution in [0.3, 0.4) is 0 Å². The van der Waals surface area contributed by atoms with Crippen molar-refractivity contribution in [2.45, 2.75) is 4.90 Å². The van der Waals surface area contributed by atoms with Crippen molar-refractivity contribution in [3.05, 3.63) is 147 Å².